The summed E-state index contributed by atoms with van der Waals surface area (Å²) in [5, 5.41) is 9.09. The van der Waals surface area contributed by atoms with Crippen LogP contribution in [0.4, 0.5) is 0 Å². The van der Waals surface area contributed by atoms with Crippen LogP contribution >= 0.6 is 31.9 Å². The zero-order chi connectivity index (χ0) is 12.3. The van der Waals surface area contributed by atoms with E-state index in [9.17, 15) is 0 Å². The molecule has 0 aliphatic heterocycles. The number of fused-ring (bicyclic) bond motifs is 1. The number of benzene rings is 1. The predicted molar refractivity (Wildman–Crippen MR) is 74.7 cm³/mol. The standard InChI is InChI=1S/C11H13Br2N3O/c1-2-17-11(8(13)7-12)16-10-6-4-3-5-9(10)14-15-16/h3-6,8,11H,2,7H2,1H3. The van der Waals surface area contributed by atoms with Gasteiger partial charge in [0.2, 0.25) is 0 Å². The van der Waals surface area contributed by atoms with Gasteiger partial charge in [0.25, 0.3) is 0 Å². The molecule has 0 saturated carbocycles. The van der Waals surface area contributed by atoms with Crippen molar-refractivity contribution in [2.75, 3.05) is 11.9 Å². The third-order valence-corrected chi connectivity index (χ3v) is 4.76. The lowest BCUT2D eigenvalue weighted by Crippen LogP contribution is -2.24. The number of alkyl halides is 2. The molecule has 2 aromatic rings. The van der Waals surface area contributed by atoms with Crippen LogP contribution in [0, 0.1) is 0 Å². The second-order valence-corrected chi connectivity index (χ2v) is 5.36. The lowest BCUT2D eigenvalue weighted by atomic mass is 10.3. The van der Waals surface area contributed by atoms with Crippen molar-refractivity contribution >= 4 is 42.9 Å². The van der Waals surface area contributed by atoms with Crippen LogP contribution in [0.3, 0.4) is 0 Å². The third kappa shape index (κ3) is 2.69. The largest absolute Gasteiger partial charge is 0.355 e. The van der Waals surface area contributed by atoms with Gasteiger partial charge in [-0.15, -0.1) is 5.10 Å². The topological polar surface area (TPSA) is 39.9 Å². The second-order valence-electron chi connectivity index (χ2n) is 3.54. The Labute approximate surface area is 117 Å². The van der Waals surface area contributed by atoms with E-state index in [2.05, 4.69) is 42.2 Å². The predicted octanol–water partition coefficient (Wildman–Crippen LogP) is 3.12. The van der Waals surface area contributed by atoms with Crippen LogP contribution < -0.4 is 0 Å². The van der Waals surface area contributed by atoms with Crippen molar-refractivity contribution < 1.29 is 4.74 Å². The van der Waals surface area contributed by atoms with Gasteiger partial charge in [-0.1, -0.05) is 49.2 Å². The maximum Gasteiger partial charge on any atom is 0.165 e. The van der Waals surface area contributed by atoms with Crippen molar-refractivity contribution in [2.24, 2.45) is 0 Å². The highest BCUT2D eigenvalue weighted by Crippen LogP contribution is 2.25. The fourth-order valence-corrected chi connectivity index (χ4v) is 2.35. The molecule has 4 nitrogen and oxygen atoms in total. The molecule has 0 radical (unpaired) electrons. The van der Waals surface area contributed by atoms with Gasteiger partial charge in [-0.05, 0) is 19.1 Å². The van der Waals surface area contributed by atoms with Crippen molar-refractivity contribution in [3.63, 3.8) is 0 Å². The molecule has 6 heteroatoms. The molecule has 92 valence electrons. The first kappa shape index (κ1) is 13.0. The van der Waals surface area contributed by atoms with E-state index in [0.717, 1.165) is 16.4 Å². The van der Waals surface area contributed by atoms with Crippen molar-refractivity contribution in [3.05, 3.63) is 24.3 Å². The molecule has 1 aromatic carbocycles. The Morgan fingerprint density at radius 3 is 2.88 bits per heavy atom. The molecule has 0 aliphatic carbocycles. The highest BCUT2D eigenvalue weighted by Gasteiger charge is 2.23. The Morgan fingerprint density at radius 2 is 2.18 bits per heavy atom. The molecule has 0 amide bonds. The summed E-state index contributed by atoms with van der Waals surface area (Å²) in [6.07, 6.45) is -0.160. The molecular formula is C11H13Br2N3O. The molecule has 1 heterocycles. The summed E-state index contributed by atoms with van der Waals surface area (Å²) in [6.45, 7) is 2.61. The molecule has 17 heavy (non-hydrogen) atoms. The van der Waals surface area contributed by atoms with E-state index >= 15 is 0 Å². The normalized spacial score (nSPS) is 15.0. The van der Waals surface area contributed by atoms with Crippen LogP contribution in [0.2, 0.25) is 0 Å². The number of aromatic nitrogens is 3. The van der Waals surface area contributed by atoms with E-state index in [1.54, 1.807) is 0 Å². The lowest BCUT2D eigenvalue weighted by molar-refractivity contribution is 0.00735. The fraction of sp³-hybridized carbons (Fsp3) is 0.455. The quantitative estimate of drug-likeness (QED) is 0.767. The van der Waals surface area contributed by atoms with Crippen molar-refractivity contribution in [2.45, 2.75) is 18.0 Å². The van der Waals surface area contributed by atoms with Crippen molar-refractivity contribution in [1.29, 1.82) is 0 Å². The minimum atomic E-state index is -0.160. The zero-order valence-electron chi connectivity index (χ0n) is 9.38. The van der Waals surface area contributed by atoms with E-state index in [0.29, 0.717) is 6.61 Å². The number of halogens is 2. The Morgan fingerprint density at radius 1 is 1.41 bits per heavy atom. The number of rotatable bonds is 5. The summed E-state index contributed by atoms with van der Waals surface area (Å²) < 4.78 is 7.55. The average Bonchev–Trinajstić information content (AvgIpc) is 2.79. The lowest BCUT2D eigenvalue weighted by Gasteiger charge is -2.21. The molecule has 2 unspecified atom stereocenters. The van der Waals surface area contributed by atoms with Gasteiger partial charge in [0.15, 0.2) is 6.23 Å². The molecule has 0 N–H and O–H groups in total. The average molecular weight is 363 g/mol. The van der Waals surface area contributed by atoms with Crippen LogP contribution in [-0.2, 0) is 4.74 Å². The van der Waals surface area contributed by atoms with Crippen LogP contribution in [0.15, 0.2) is 24.3 Å². The Hall–Kier alpha value is -0.460. The van der Waals surface area contributed by atoms with E-state index < -0.39 is 0 Å². The maximum atomic E-state index is 5.73. The van der Waals surface area contributed by atoms with Gasteiger partial charge in [0.1, 0.15) is 5.52 Å². The van der Waals surface area contributed by atoms with E-state index in [1.807, 2.05) is 35.9 Å². The summed E-state index contributed by atoms with van der Waals surface area (Å²) >= 11 is 7.04. The van der Waals surface area contributed by atoms with Gasteiger partial charge < -0.3 is 4.74 Å². The monoisotopic (exact) mass is 361 g/mol. The van der Waals surface area contributed by atoms with Crippen LogP contribution in [0.25, 0.3) is 11.0 Å². The molecule has 0 aliphatic rings. The molecular weight excluding hydrogens is 350 g/mol. The Kier molecular flexibility index (Phi) is 4.53. The van der Waals surface area contributed by atoms with Gasteiger partial charge in [-0.3, -0.25) is 0 Å². The van der Waals surface area contributed by atoms with Gasteiger partial charge in [0.05, 0.1) is 10.3 Å². The van der Waals surface area contributed by atoms with Gasteiger partial charge >= 0.3 is 0 Å². The van der Waals surface area contributed by atoms with E-state index in [4.69, 9.17) is 4.74 Å². The van der Waals surface area contributed by atoms with Crippen LogP contribution in [0.5, 0.6) is 0 Å². The van der Waals surface area contributed by atoms with Crippen molar-refractivity contribution in [1.82, 2.24) is 15.0 Å². The number of hydrogen-bond acceptors (Lipinski definition) is 3. The van der Waals surface area contributed by atoms with Gasteiger partial charge in [-0.2, -0.15) is 0 Å². The summed E-state index contributed by atoms with van der Waals surface area (Å²) in [7, 11) is 0. The summed E-state index contributed by atoms with van der Waals surface area (Å²) in [6, 6.07) is 7.87. The number of nitrogens with zero attached hydrogens (tertiary/aromatic N) is 3. The molecule has 2 rings (SSSR count). The molecule has 0 spiro atoms. The minimum Gasteiger partial charge on any atom is -0.355 e. The summed E-state index contributed by atoms with van der Waals surface area (Å²) in [5.41, 5.74) is 1.86. The summed E-state index contributed by atoms with van der Waals surface area (Å²) in [4.78, 5) is 0.146. The number of ether oxygens (including phenoxy) is 1. The van der Waals surface area contributed by atoms with Crippen molar-refractivity contribution in [3.8, 4) is 0 Å². The highest BCUT2D eigenvalue weighted by atomic mass is 79.9. The minimum absolute atomic E-state index is 0.146. The number of hydrogen-bond donors (Lipinski definition) is 0. The Bertz CT molecular complexity index is 488. The molecule has 0 saturated heterocycles. The zero-order valence-corrected chi connectivity index (χ0v) is 12.6. The smallest absolute Gasteiger partial charge is 0.165 e. The third-order valence-electron chi connectivity index (χ3n) is 2.41. The fourth-order valence-electron chi connectivity index (χ4n) is 1.65. The molecule has 1 aromatic heterocycles. The van der Waals surface area contributed by atoms with Gasteiger partial charge in [-0.25, -0.2) is 4.68 Å². The van der Waals surface area contributed by atoms with E-state index in [1.165, 1.54) is 0 Å². The first-order valence-corrected chi connectivity index (χ1v) is 7.43. The summed E-state index contributed by atoms with van der Waals surface area (Å²) in [5.74, 6) is 0. The van der Waals surface area contributed by atoms with Crippen LogP contribution in [0.1, 0.15) is 13.2 Å². The van der Waals surface area contributed by atoms with Crippen LogP contribution in [-0.4, -0.2) is 31.8 Å². The van der Waals surface area contributed by atoms with E-state index in [-0.39, 0.29) is 11.1 Å². The SMILES string of the molecule is CCOC(C(Br)CBr)n1nnc2ccccc21. The molecule has 0 bridgehead atoms. The Balaban J connectivity index is 2.41. The highest BCUT2D eigenvalue weighted by molar-refractivity contribution is 9.12. The first-order chi connectivity index (χ1) is 8.27. The molecule has 0 fully saturated rings. The maximum absolute atomic E-state index is 5.73. The second kappa shape index (κ2) is 5.93. The molecule has 2 atom stereocenters. The first-order valence-electron chi connectivity index (χ1n) is 5.39. The number of para-hydroxylation sites is 1. The van der Waals surface area contributed by atoms with Gasteiger partial charge in [0, 0.05) is 11.9 Å².